The normalized spacial score (nSPS) is 10.8. The maximum absolute atomic E-state index is 12.1. The Bertz CT molecular complexity index is 746. The molecule has 0 fully saturated rings. The molecule has 0 aromatic heterocycles. The smallest absolute Gasteiger partial charge is 0.266 e. The van der Waals surface area contributed by atoms with Crippen LogP contribution in [0.2, 0.25) is 0 Å². The van der Waals surface area contributed by atoms with Crippen molar-refractivity contribution < 1.29 is 15.0 Å². The molecule has 2 rings (SSSR count). The number of carbonyl (C=O) groups excluding carboxylic acids is 1. The molecule has 0 saturated heterocycles. The van der Waals surface area contributed by atoms with Crippen LogP contribution >= 0.6 is 0 Å². The second-order valence-corrected chi connectivity index (χ2v) is 4.54. The summed E-state index contributed by atoms with van der Waals surface area (Å²) in [6.45, 7) is -0.282. The van der Waals surface area contributed by atoms with E-state index < -0.39 is 5.91 Å². The summed E-state index contributed by atoms with van der Waals surface area (Å²) in [6, 6.07) is 15.2. The van der Waals surface area contributed by atoms with Gasteiger partial charge < -0.3 is 15.5 Å². The molecule has 0 heterocycles. The summed E-state index contributed by atoms with van der Waals surface area (Å²) in [6.07, 6.45) is 1.37. The molecule has 0 unspecified atom stereocenters. The van der Waals surface area contributed by atoms with E-state index >= 15 is 0 Å². The van der Waals surface area contributed by atoms with E-state index in [1.54, 1.807) is 30.3 Å². The number of phenols is 1. The summed E-state index contributed by atoms with van der Waals surface area (Å²) in [7, 11) is 0. The first kappa shape index (κ1) is 15.3. The molecule has 0 radical (unpaired) electrons. The molecule has 3 N–H and O–H groups in total. The van der Waals surface area contributed by atoms with Gasteiger partial charge in [-0.2, -0.15) is 5.26 Å². The fourth-order valence-corrected chi connectivity index (χ4v) is 1.84. The Morgan fingerprint density at radius 2 is 1.95 bits per heavy atom. The number of benzene rings is 2. The van der Waals surface area contributed by atoms with Gasteiger partial charge in [-0.25, -0.2) is 0 Å². The van der Waals surface area contributed by atoms with E-state index in [1.165, 1.54) is 18.2 Å². The quantitative estimate of drug-likeness (QED) is 0.596. The highest BCUT2D eigenvalue weighted by Gasteiger charge is 2.10. The van der Waals surface area contributed by atoms with Crippen LogP contribution in [0.15, 0.2) is 54.1 Å². The van der Waals surface area contributed by atoms with Crippen LogP contribution in [0.3, 0.4) is 0 Å². The van der Waals surface area contributed by atoms with Crippen LogP contribution in [0.4, 0.5) is 5.69 Å². The minimum Gasteiger partial charge on any atom is -0.508 e. The van der Waals surface area contributed by atoms with Crippen molar-refractivity contribution in [3.05, 3.63) is 65.2 Å². The van der Waals surface area contributed by atoms with Gasteiger partial charge in [0.05, 0.1) is 6.61 Å². The number of para-hydroxylation sites is 1. The SMILES string of the molecule is N#CC(=Cc1ccc(CO)c(O)c1)C(=O)Nc1ccccc1. The molecule has 0 aliphatic carbocycles. The molecule has 0 spiro atoms. The second kappa shape index (κ2) is 7.07. The number of anilines is 1. The third kappa shape index (κ3) is 3.72. The predicted molar refractivity (Wildman–Crippen MR) is 82.7 cm³/mol. The Kier molecular flexibility index (Phi) is 4.91. The molecule has 0 bridgehead atoms. The lowest BCUT2D eigenvalue weighted by Crippen LogP contribution is -2.13. The zero-order chi connectivity index (χ0) is 15.9. The lowest BCUT2D eigenvalue weighted by molar-refractivity contribution is -0.112. The first-order valence-electron chi connectivity index (χ1n) is 6.55. The standard InChI is InChI=1S/C17H14N2O3/c18-10-14(17(22)19-15-4-2-1-3-5-15)8-12-6-7-13(11-20)16(21)9-12/h1-9,20-21H,11H2,(H,19,22). The first-order valence-corrected chi connectivity index (χ1v) is 6.55. The molecule has 5 heteroatoms. The zero-order valence-electron chi connectivity index (χ0n) is 11.7. The number of hydrogen-bond acceptors (Lipinski definition) is 4. The van der Waals surface area contributed by atoms with Gasteiger partial charge in [-0.1, -0.05) is 30.3 Å². The van der Waals surface area contributed by atoms with Crippen LogP contribution in [0, 0.1) is 11.3 Å². The molecular weight excluding hydrogens is 280 g/mol. The summed E-state index contributed by atoms with van der Waals surface area (Å²) in [4.78, 5) is 12.1. The highest BCUT2D eigenvalue weighted by atomic mass is 16.3. The largest absolute Gasteiger partial charge is 0.508 e. The average molecular weight is 294 g/mol. The van der Waals surface area contributed by atoms with Crippen molar-refractivity contribution in [2.75, 3.05) is 5.32 Å². The van der Waals surface area contributed by atoms with E-state index in [2.05, 4.69) is 5.32 Å². The molecule has 22 heavy (non-hydrogen) atoms. The van der Waals surface area contributed by atoms with E-state index in [9.17, 15) is 9.90 Å². The molecule has 0 aliphatic rings. The Balaban J connectivity index is 2.22. The molecule has 1 amide bonds. The number of carbonyl (C=O) groups is 1. The van der Waals surface area contributed by atoms with Crippen LogP contribution in [0.5, 0.6) is 5.75 Å². The van der Waals surface area contributed by atoms with Crippen molar-refractivity contribution in [1.29, 1.82) is 5.26 Å². The topological polar surface area (TPSA) is 93.3 Å². The molecule has 2 aromatic carbocycles. The Morgan fingerprint density at radius 3 is 2.55 bits per heavy atom. The van der Waals surface area contributed by atoms with Crippen LogP contribution in [-0.4, -0.2) is 16.1 Å². The van der Waals surface area contributed by atoms with Crippen molar-refractivity contribution in [2.45, 2.75) is 6.61 Å². The van der Waals surface area contributed by atoms with Gasteiger partial charge in [0.25, 0.3) is 5.91 Å². The molecule has 0 atom stereocenters. The van der Waals surface area contributed by atoms with E-state index in [4.69, 9.17) is 10.4 Å². The van der Waals surface area contributed by atoms with Gasteiger partial charge in [0.15, 0.2) is 0 Å². The molecule has 2 aromatic rings. The summed E-state index contributed by atoms with van der Waals surface area (Å²) < 4.78 is 0. The second-order valence-electron chi connectivity index (χ2n) is 4.54. The Labute approximate surface area is 127 Å². The fraction of sp³-hybridized carbons (Fsp3) is 0.0588. The number of nitriles is 1. The number of rotatable bonds is 4. The van der Waals surface area contributed by atoms with Gasteiger partial charge in [0.1, 0.15) is 17.4 Å². The number of hydrogen-bond donors (Lipinski definition) is 3. The van der Waals surface area contributed by atoms with E-state index in [0.29, 0.717) is 16.8 Å². The number of aliphatic hydroxyl groups is 1. The van der Waals surface area contributed by atoms with Gasteiger partial charge in [-0.3, -0.25) is 4.79 Å². The fourth-order valence-electron chi connectivity index (χ4n) is 1.84. The van der Waals surface area contributed by atoms with Crippen LogP contribution in [0.25, 0.3) is 6.08 Å². The minimum absolute atomic E-state index is 0.0833. The van der Waals surface area contributed by atoms with Gasteiger partial charge in [0.2, 0.25) is 0 Å². The molecule has 110 valence electrons. The maximum Gasteiger partial charge on any atom is 0.266 e. The predicted octanol–water partition coefficient (Wildman–Crippen LogP) is 2.43. The van der Waals surface area contributed by atoms with Crippen molar-refractivity contribution in [3.8, 4) is 11.8 Å². The summed E-state index contributed by atoms with van der Waals surface area (Å²) in [5.74, 6) is -0.614. The Hall–Kier alpha value is -3.10. The molecule has 5 nitrogen and oxygen atoms in total. The molecular formula is C17H14N2O3. The van der Waals surface area contributed by atoms with Gasteiger partial charge >= 0.3 is 0 Å². The van der Waals surface area contributed by atoms with Crippen molar-refractivity contribution in [1.82, 2.24) is 0 Å². The van der Waals surface area contributed by atoms with Crippen molar-refractivity contribution >= 4 is 17.7 Å². The molecule has 0 aliphatic heterocycles. The van der Waals surface area contributed by atoms with Crippen LogP contribution in [0.1, 0.15) is 11.1 Å². The van der Waals surface area contributed by atoms with Crippen molar-refractivity contribution in [2.24, 2.45) is 0 Å². The first-order chi connectivity index (χ1) is 10.6. The Morgan fingerprint density at radius 1 is 1.23 bits per heavy atom. The van der Waals surface area contributed by atoms with Gasteiger partial charge in [0, 0.05) is 11.3 Å². The maximum atomic E-state index is 12.1. The third-order valence-corrected chi connectivity index (χ3v) is 2.99. The summed E-state index contributed by atoms with van der Waals surface area (Å²) in [5, 5.41) is 30.4. The highest BCUT2D eigenvalue weighted by molar-refractivity contribution is 6.09. The monoisotopic (exact) mass is 294 g/mol. The number of amides is 1. The zero-order valence-corrected chi connectivity index (χ0v) is 11.7. The van der Waals surface area contributed by atoms with E-state index in [-0.39, 0.29) is 17.9 Å². The molecule has 0 saturated carbocycles. The van der Waals surface area contributed by atoms with Crippen LogP contribution < -0.4 is 5.32 Å². The summed E-state index contributed by atoms with van der Waals surface area (Å²) >= 11 is 0. The lowest BCUT2D eigenvalue weighted by atomic mass is 10.1. The minimum atomic E-state index is -0.528. The third-order valence-electron chi connectivity index (χ3n) is 2.99. The summed E-state index contributed by atoms with van der Waals surface area (Å²) in [5.41, 5.74) is 1.38. The lowest BCUT2D eigenvalue weighted by Gasteiger charge is -2.05. The van der Waals surface area contributed by atoms with E-state index in [0.717, 1.165) is 0 Å². The van der Waals surface area contributed by atoms with E-state index in [1.807, 2.05) is 12.1 Å². The van der Waals surface area contributed by atoms with Crippen LogP contribution in [-0.2, 0) is 11.4 Å². The van der Waals surface area contributed by atoms with Crippen molar-refractivity contribution in [3.63, 3.8) is 0 Å². The number of nitrogens with one attached hydrogen (secondary N) is 1. The van der Waals surface area contributed by atoms with Gasteiger partial charge in [-0.05, 0) is 29.8 Å². The van der Waals surface area contributed by atoms with Gasteiger partial charge in [-0.15, -0.1) is 0 Å². The highest BCUT2D eigenvalue weighted by Crippen LogP contribution is 2.20. The number of aliphatic hydroxyl groups excluding tert-OH is 1. The number of aromatic hydroxyl groups is 1. The average Bonchev–Trinajstić information content (AvgIpc) is 2.53. The number of nitrogens with zero attached hydrogens (tertiary/aromatic N) is 1.